The molecule has 4 rings (SSSR count). The molecule has 3 fully saturated rings. The Bertz CT molecular complexity index is 515. The molecule has 0 aliphatic heterocycles. The summed E-state index contributed by atoms with van der Waals surface area (Å²) in [7, 11) is 0. The summed E-state index contributed by atoms with van der Waals surface area (Å²) in [4.78, 5) is 23.1. The average Bonchev–Trinajstić information content (AvgIpc) is 2.13. The van der Waals surface area contributed by atoms with Gasteiger partial charge in [-0.1, -0.05) is 12.1 Å². The number of halogens is 1. The van der Waals surface area contributed by atoms with Crippen LogP contribution in [0.2, 0.25) is 0 Å². The van der Waals surface area contributed by atoms with Crippen molar-refractivity contribution < 1.29 is 19.1 Å². The topological polar surface area (TPSA) is 54.4 Å². The Labute approximate surface area is 97.3 Å². The first-order valence-corrected chi connectivity index (χ1v) is 5.52. The van der Waals surface area contributed by atoms with E-state index in [4.69, 9.17) is 5.11 Å². The van der Waals surface area contributed by atoms with Gasteiger partial charge in [0.25, 0.3) is 0 Å². The Balaban J connectivity index is 1.84. The molecule has 1 aromatic rings. The van der Waals surface area contributed by atoms with Crippen LogP contribution < -0.4 is 0 Å². The van der Waals surface area contributed by atoms with E-state index in [0.717, 1.165) is 0 Å². The van der Waals surface area contributed by atoms with Crippen LogP contribution in [-0.2, 0) is 4.79 Å². The van der Waals surface area contributed by atoms with Crippen LogP contribution >= 0.6 is 0 Å². The highest BCUT2D eigenvalue weighted by atomic mass is 19.1. The summed E-state index contributed by atoms with van der Waals surface area (Å²) in [6.45, 7) is 0. The first-order valence-electron chi connectivity index (χ1n) is 5.52. The predicted molar refractivity (Wildman–Crippen MR) is 57.1 cm³/mol. The van der Waals surface area contributed by atoms with Gasteiger partial charge in [0.15, 0.2) is 5.78 Å². The lowest BCUT2D eigenvalue weighted by molar-refractivity contribution is -0.204. The Kier molecular flexibility index (Phi) is 1.81. The Morgan fingerprint density at radius 2 is 1.71 bits per heavy atom. The Hall–Kier alpha value is -1.71. The second-order valence-electron chi connectivity index (χ2n) is 5.21. The molecule has 4 heteroatoms. The van der Waals surface area contributed by atoms with Crippen molar-refractivity contribution in [3.05, 3.63) is 35.6 Å². The number of rotatable bonds is 3. The molecule has 3 aliphatic rings. The molecule has 88 valence electrons. The molecule has 0 aromatic heterocycles. The molecule has 0 atom stereocenters. The van der Waals surface area contributed by atoms with E-state index in [1.807, 2.05) is 0 Å². The van der Waals surface area contributed by atoms with Gasteiger partial charge >= 0.3 is 5.97 Å². The van der Waals surface area contributed by atoms with Gasteiger partial charge in [-0.15, -0.1) is 0 Å². The molecule has 1 aromatic carbocycles. The zero-order chi connectivity index (χ0) is 12.3. The molecule has 2 bridgehead atoms. The van der Waals surface area contributed by atoms with E-state index in [1.165, 1.54) is 18.2 Å². The number of carbonyl (C=O) groups excluding carboxylic acids is 1. The van der Waals surface area contributed by atoms with Crippen LogP contribution in [-0.4, -0.2) is 16.9 Å². The van der Waals surface area contributed by atoms with E-state index < -0.39 is 22.6 Å². The van der Waals surface area contributed by atoms with E-state index in [1.54, 1.807) is 6.07 Å². The minimum atomic E-state index is -0.833. The first-order chi connectivity index (χ1) is 7.99. The molecule has 0 amide bonds. The highest BCUT2D eigenvalue weighted by molar-refractivity contribution is 6.05. The molecule has 0 radical (unpaired) electrons. The number of aliphatic carboxylic acids is 1. The molecule has 0 spiro atoms. The number of carboxylic acid groups (broad SMARTS) is 1. The summed E-state index contributed by atoms with van der Waals surface area (Å²) in [6, 6.07) is 5.87. The van der Waals surface area contributed by atoms with Crippen LogP contribution in [0.3, 0.4) is 0 Å². The van der Waals surface area contributed by atoms with Gasteiger partial charge in [0.05, 0.1) is 11.0 Å². The SMILES string of the molecule is O=C(O)C12CC(C(=O)c3ccccc3F)(C1)C2. The predicted octanol–water partition coefficient (Wildman–Crippen LogP) is 2.26. The molecule has 17 heavy (non-hydrogen) atoms. The molecule has 1 N–H and O–H groups in total. The number of Topliss-reactive ketones (excluding diaryl/α,β-unsaturated/α-hetero) is 1. The normalized spacial score (nSPS) is 33.5. The third kappa shape index (κ3) is 1.15. The van der Waals surface area contributed by atoms with Gasteiger partial charge in [-0.2, -0.15) is 0 Å². The summed E-state index contributed by atoms with van der Waals surface area (Å²) in [5, 5.41) is 8.97. The van der Waals surface area contributed by atoms with Crippen LogP contribution in [0.5, 0.6) is 0 Å². The van der Waals surface area contributed by atoms with E-state index in [9.17, 15) is 14.0 Å². The molecule has 3 nitrogen and oxygen atoms in total. The molecule has 0 saturated heterocycles. The second-order valence-corrected chi connectivity index (χ2v) is 5.21. The minimum absolute atomic E-state index is 0.0891. The number of hydrogen-bond acceptors (Lipinski definition) is 2. The van der Waals surface area contributed by atoms with Crippen LogP contribution in [0.1, 0.15) is 29.6 Å². The third-order valence-electron chi connectivity index (χ3n) is 4.08. The average molecular weight is 234 g/mol. The fourth-order valence-electron chi connectivity index (χ4n) is 3.19. The molecular formula is C13H11FO3. The van der Waals surface area contributed by atoms with Gasteiger partial charge in [-0.3, -0.25) is 9.59 Å². The standard InChI is InChI=1S/C13H11FO3/c14-9-4-2-1-3-8(9)10(15)12-5-13(6-12,7-12)11(16)17/h1-4H,5-7H2,(H,16,17). The molecule has 3 saturated carbocycles. The maximum atomic E-state index is 13.5. The van der Waals surface area contributed by atoms with Gasteiger partial charge < -0.3 is 5.11 Å². The summed E-state index contributed by atoms with van der Waals surface area (Å²) < 4.78 is 13.5. The number of carboxylic acids is 1. The van der Waals surface area contributed by atoms with Gasteiger partial charge in [0.2, 0.25) is 0 Å². The molecular weight excluding hydrogens is 223 g/mol. The fraction of sp³-hybridized carbons (Fsp3) is 0.385. The van der Waals surface area contributed by atoms with E-state index >= 15 is 0 Å². The van der Waals surface area contributed by atoms with Crippen molar-refractivity contribution in [2.24, 2.45) is 10.8 Å². The van der Waals surface area contributed by atoms with Crippen LogP contribution in [0.4, 0.5) is 4.39 Å². The minimum Gasteiger partial charge on any atom is -0.481 e. The molecule has 0 unspecified atom stereocenters. The maximum absolute atomic E-state index is 13.5. The van der Waals surface area contributed by atoms with Gasteiger partial charge in [0, 0.05) is 5.41 Å². The van der Waals surface area contributed by atoms with Crippen LogP contribution in [0, 0.1) is 16.6 Å². The summed E-state index contributed by atoms with van der Waals surface area (Å²) in [6.07, 6.45) is 1.09. The van der Waals surface area contributed by atoms with Crippen molar-refractivity contribution in [1.82, 2.24) is 0 Å². The zero-order valence-corrected chi connectivity index (χ0v) is 9.07. The second kappa shape index (κ2) is 2.94. The van der Waals surface area contributed by atoms with Crippen molar-refractivity contribution in [1.29, 1.82) is 0 Å². The summed E-state index contributed by atoms with van der Waals surface area (Å²) in [5.41, 5.74) is -1.20. The van der Waals surface area contributed by atoms with E-state index in [-0.39, 0.29) is 11.3 Å². The first kappa shape index (κ1) is 10.4. The molecule has 3 aliphatic carbocycles. The summed E-state index contributed by atoms with van der Waals surface area (Å²) in [5.74, 6) is -1.59. The van der Waals surface area contributed by atoms with Crippen molar-refractivity contribution in [3.8, 4) is 0 Å². The van der Waals surface area contributed by atoms with Crippen LogP contribution in [0.15, 0.2) is 24.3 Å². The number of benzene rings is 1. The van der Waals surface area contributed by atoms with Crippen molar-refractivity contribution in [2.45, 2.75) is 19.3 Å². The maximum Gasteiger partial charge on any atom is 0.309 e. The number of ketones is 1. The Morgan fingerprint density at radius 3 is 2.24 bits per heavy atom. The van der Waals surface area contributed by atoms with E-state index in [2.05, 4.69) is 0 Å². The third-order valence-corrected chi connectivity index (χ3v) is 4.08. The lowest BCUT2D eigenvalue weighted by Gasteiger charge is -2.66. The molecule has 0 heterocycles. The number of carbonyl (C=O) groups is 2. The highest BCUT2D eigenvalue weighted by Crippen LogP contribution is 2.74. The highest BCUT2D eigenvalue weighted by Gasteiger charge is 2.75. The number of hydrogen-bond donors (Lipinski definition) is 1. The lowest BCUT2D eigenvalue weighted by Crippen LogP contribution is -2.68. The smallest absolute Gasteiger partial charge is 0.309 e. The largest absolute Gasteiger partial charge is 0.481 e. The van der Waals surface area contributed by atoms with Gasteiger partial charge in [-0.25, -0.2) is 4.39 Å². The zero-order valence-electron chi connectivity index (χ0n) is 9.07. The van der Waals surface area contributed by atoms with Gasteiger partial charge in [0.1, 0.15) is 5.82 Å². The monoisotopic (exact) mass is 234 g/mol. The Morgan fingerprint density at radius 1 is 1.12 bits per heavy atom. The quantitative estimate of drug-likeness (QED) is 0.816. The van der Waals surface area contributed by atoms with Gasteiger partial charge in [-0.05, 0) is 31.4 Å². The van der Waals surface area contributed by atoms with Crippen molar-refractivity contribution in [2.75, 3.05) is 0 Å². The summed E-state index contributed by atoms with van der Waals surface area (Å²) >= 11 is 0. The van der Waals surface area contributed by atoms with E-state index in [0.29, 0.717) is 19.3 Å². The fourth-order valence-corrected chi connectivity index (χ4v) is 3.19. The lowest BCUT2D eigenvalue weighted by atomic mass is 9.33. The van der Waals surface area contributed by atoms with Crippen molar-refractivity contribution >= 4 is 11.8 Å². The van der Waals surface area contributed by atoms with Crippen molar-refractivity contribution in [3.63, 3.8) is 0 Å². The van der Waals surface area contributed by atoms with Crippen LogP contribution in [0.25, 0.3) is 0 Å².